The predicted octanol–water partition coefficient (Wildman–Crippen LogP) is 1.10. The first-order valence-electron chi connectivity index (χ1n) is 9.27. The summed E-state index contributed by atoms with van der Waals surface area (Å²) in [5.41, 5.74) is 1.21. The maximum Gasteiger partial charge on any atom is 0.330 e. The second kappa shape index (κ2) is 8.08. The summed E-state index contributed by atoms with van der Waals surface area (Å²) in [7, 11) is 5.25. The van der Waals surface area contributed by atoms with Gasteiger partial charge in [0.15, 0.2) is 5.65 Å². The molecular weight excluding hydrogens is 350 g/mol. The summed E-state index contributed by atoms with van der Waals surface area (Å²) in [5.74, 6) is -0.136. The zero-order valence-corrected chi connectivity index (χ0v) is 16.1. The van der Waals surface area contributed by atoms with Crippen molar-refractivity contribution in [1.82, 2.24) is 19.1 Å². The number of ether oxygens (including phenoxy) is 1. The van der Waals surface area contributed by atoms with Crippen LogP contribution in [0.1, 0.15) is 25.7 Å². The summed E-state index contributed by atoms with van der Waals surface area (Å²) in [6.45, 7) is 1.77. The first-order chi connectivity index (χ1) is 12.9. The van der Waals surface area contributed by atoms with E-state index in [0.29, 0.717) is 49.7 Å². The van der Waals surface area contributed by atoms with E-state index in [1.54, 1.807) is 29.5 Å². The van der Waals surface area contributed by atoms with E-state index < -0.39 is 5.97 Å². The molecule has 0 aliphatic heterocycles. The van der Waals surface area contributed by atoms with Crippen LogP contribution in [-0.4, -0.2) is 57.5 Å². The summed E-state index contributed by atoms with van der Waals surface area (Å²) >= 11 is 0. The van der Waals surface area contributed by atoms with Gasteiger partial charge in [0.1, 0.15) is 5.52 Å². The lowest BCUT2D eigenvalue weighted by atomic mass is 9.82. The van der Waals surface area contributed by atoms with Crippen molar-refractivity contribution in [3.63, 3.8) is 0 Å². The third-order valence-electron chi connectivity index (χ3n) is 5.48. The van der Waals surface area contributed by atoms with Gasteiger partial charge in [0.05, 0.1) is 18.7 Å². The Balaban J connectivity index is 1.85. The van der Waals surface area contributed by atoms with Gasteiger partial charge in [-0.1, -0.05) is 0 Å². The molecule has 2 heterocycles. The smallest absolute Gasteiger partial charge is 0.330 e. The minimum Gasteiger partial charge on any atom is -0.481 e. The van der Waals surface area contributed by atoms with E-state index in [4.69, 9.17) is 9.84 Å². The van der Waals surface area contributed by atoms with E-state index in [2.05, 4.69) is 9.97 Å². The fraction of sp³-hybridized carbons (Fsp3) is 0.667. The molecule has 2 aromatic rings. The van der Waals surface area contributed by atoms with E-state index in [-0.39, 0.29) is 17.5 Å². The summed E-state index contributed by atoms with van der Waals surface area (Å²) in [5, 5.41) is 9.16. The number of likely N-dealkylation sites (N-methyl/N-ethyl adjacent to an activating group) is 1. The number of imidazole rings is 1. The molecule has 2 aromatic heterocycles. The van der Waals surface area contributed by atoms with Crippen molar-refractivity contribution >= 4 is 23.1 Å². The zero-order valence-electron chi connectivity index (χ0n) is 16.1. The number of hydrogen-bond donors (Lipinski definition) is 1. The Morgan fingerprint density at radius 3 is 2.70 bits per heavy atom. The maximum atomic E-state index is 12.7. The average Bonchev–Trinajstić information content (AvgIpc) is 2.91. The number of aliphatic carboxylic acids is 1. The molecule has 27 heavy (non-hydrogen) atoms. The molecule has 1 fully saturated rings. The number of fused-ring (bicyclic) bond motifs is 1. The number of carbonyl (C=O) groups is 1. The van der Waals surface area contributed by atoms with Crippen LogP contribution in [0.4, 0.5) is 5.95 Å². The van der Waals surface area contributed by atoms with Gasteiger partial charge < -0.3 is 14.7 Å². The second-order valence-corrected chi connectivity index (χ2v) is 7.30. The van der Waals surface area contributed by atoms with Crippen LogP contribution in [0.5, 0.6) is 0 Å². The summed E-state index contributed by atoms with van der Waals surface area (Å²) in [6, 6.07) is 0. The van der Waals surface area contributed by atoms with Crippen LogP contribution in [0.3, 0.4) is 0 Å². The molecule has 0 amide bonds. The Morgan fingerprint density at radius 1 is 1.37 bits per heavy atom. The molecule has 0 unspecified atom stereocenters. The Kier molecular flexibility index (Phi) is 5.79. The highest BCUT2D eigenvalue weighted by Gasteiger charge is 2.27. The molecule has 0 bridgehead atoms. The molecule has 0 atom stereocenters. The fourth-order valence-electron chi connectivity index (χ4n) is 3.69. The van der Waals surface area contributed by atoms with E-state index in [1.165, 1.54) is 0 Å². The zero-order chi connectivity index (χ0) is 19.6. The molecule has 9 heteroatoms. The van der Waals surface area contributed by atoms with Crippen LogP contribution in [0.15, 0.2) is 11.0 Å². The highest BCUT2D eigenvalue weighted by atomic mass is 16.5. The molecule has 148 valence electrons. The molecule has 9 nitrogen and oxygen atoms in total. The Bertz CT molecular complexity index is 866. The van der Waals surface area contributed by atoms with E-state index >= 15 is 0 Å². The minimum absolute atomic E-state index is 0.114. The lowest BCUT2D eigenvalue weighted by Crippen LogP contribution is -2.29. The predicted molar refractivity (Wildman–Crippen MR) is 101 cm³/mol. The van der Waals surface area contributed by atoms with Gasteiger partial charge in [-0.05, 0) is 31.6 Å². The van der Waals surface area contributed by atoms with Gasteiger partial charge in [-0.2, -0.15) is 4.98 Å². The molecular formula is C18H27N5O4. The lowest BCUT2D eigenvalue weighted by molar-refractivity contribution is -0.143. The Labute approximate surface area is 157 Å². The normalized spacial score (nSPS) is 20.1. The number of nitrogens with zero attached hydrogens (tertiary/aromatic N) is 5. The summed E-state index contributed by atoms with van der Waals surface area (Å²) in [6.07, 6.45) is 4.64. The third kappa shape index (κ3) is 3.97. The quantitative estimate of drug-likeness (QED) is 0.771. The topological polar surface area (TPSA) is 102 Å². The highest BCUT2D eigenvalue weighted by molar-refractivity contribution is 5.72. The number of methoxy groups -OCH3 is 1. The van der Waals surface area contributed by atoms with Crippen LogP contribution >= 0.6 is 0 Å². The van der Waals surface area contributed by atoms with Crippen LogP contribution in [0.2, 0.25) is 0 Å². The van der Waals surface area contributed by atoms with E-state index in [1.807, 2.05) is 11.9 Å². The average molecular weight is 377 g/mol. The lowest BCUT2D eigenvalue weighted by Gasteiger charge is -2.26. The van der Waals surface area contributed by atoms with E-state index in [0.717, 1.165) is 12.8 Å². The van der Waals surface area contributed by atoms with Crippen molar-refractivity contribution in [1.29, 1.82) is 0 Å². The molecule has 3 rings (SSSR count). The van der Waals surface area contributed by atoms with Crippen molar-refractivity contribution in [3.05, 3.63) is 16.7 Å². The largest absolute Gasteiger partial charge is 0.481 e. The Hall–Kier alpha value is -2.42. The molecule has 0 saturated heterocycles. The number of aryl methyl sites for hydroxylation is 1. The third-order valence-corrected chi connectivity index (χ3v) is 5.48. The van der Waals surface area contributed by atoms with Gasteiger partial charge in [-0.15, -0.1) is 0 Å². The monoisotopic (exact) mass is 377 g/mol. The van der Waals surface area contributed by atoms with E-state index in [9.17, 15) is 9.59 Å². The Morgan fingerprint density at radius 2 is 2.07 bits per heavy atom. The number of carboxylic acids is 1. The molecule has 1 saturated carbocycles. The first kappa shape index (κ1) is 19.3. The maximum absolute atomic E-state index is 12.7. The number of carboxylic acid groups (broad SMARTS) is 1. The van der Waals surface area contributed by atoms with Crippen LogP contribution < -0.4 is 10.6 Å². The van der Waals surface area contributed by atoms with Gasteiger partial charge in [0.25, 0.3) is 0 Å². The standard InChI is InChI=1S/C18H27N5O4/c1-21(8-9-27-3)17-19-10-14-15(20-17)23(18(26)22(14)2)11-12-4-6-13(7-5-12)16(24)25/h10,12-13H,4-9,11H2,1-3H3,(H,24,25)/t12-,13-. The van der Waals surface area contributed by atoms with Crippen LogP contribution in [0.25, 0.3) is 11.2 Å². The van der Waals surface area contributed by atoms with Crippen molar-refractivity contribution in [2.24, 2.45) is 18.9 Å². The number of aromatic nitrogens is 4. The van der Waals surface area contributed by atoms with Crippen molar-refractivity contribution in [2.75, 3.05) is 32.2 Å². The first-order valence-corrected chi connectivity index (χ1v) is 9.27. The summed E-state index contributed by atoms with van der Waals surface area (Å²) < 4.78 is 8.37. The molecule has 1 aliphatic carbocycles. The summed E-state index contributed by atoms with van der Waals surface area (Å²) in [4.78, 5) is 34.7. The van der Waals surface area contributed by atoms with Gasteiger partial charge in [-0.25, -0.2) is 9.78 Å². The van der Waals surface area contributed by atoms with Crippen LogP contribution in [-0.2, 0) is 23.1 Å². The number of hydrogen-bond acceptors (Lipinski definition) is 6. The van der Waals surface area contributed by atoms with Gasteiger partial charge >= 0.3 is 11.7 Å². The SMILES string of the molecule is COCCN(C)c1ncc2c(n1)n(C[C@H]1CC[C@H](C(=O)O)CC1)c(=O)n2C. The molecule has 0 aromatic carbocycles. The van der Waals surface area contributed by atoms with Crippen molar-refractivity contribution in [2.45, 2.75) is 32.2 Å². The van der Waals surface area contributed by atoms with Crippen molar-refractivity contribution in [3.8, 4) is 0 Å². The minimum atomic E-state index is -0.716. The molecule has 0 spiro atoms. The number of rotatable bonds is 7. The highest BCUT2D eigenvalue weighted by Crippen LogP contribution is 2.30. The molecule has 1 N–H and O–H groups in total. The molecule has 1 aliphatic rings. The van der Waals surface area contributed by atoms with Crippen molar-refractivity contribution < 1.29 is 14.6 Å². The molecule has 0 radical (unpaired) electrons. The van der Waals surface area contributed by atoms with Gasteiger partial charge in [0, 0.05) is 34.3 Å². The van der Waals surface area contributed by atoms with Crippen LogP contribution in [0, 0.1) is 11.8 Å². The second-order valence-electron chi connectivity index (χ2n) is 7.30. The number of anilines is 1. The van der Waals surface area contributed by atoms with Gasteiger partial charge in [-0.3, -0.25) is 13.9 Å². The van der Waals surface area contributed by atoms with Gasteiger partial charge in [0.2, 0.25) is 5.95 Å². The fourth-order valence-corrected chi connectivity index (χ4v) is 3.69.